The fourth-order valence-electron chi connectivity index (χ4n) is 1.49. The topological polar surface area (TPSA) is 62.7 Å². The van der Waals surface area contributed by atoms with Gasteiger partial charge >= 0.3 is 0 Å². The molecule has 1 heterocycles. The number of hydrogen-bond donors (Lipinski definition) is 2. The van der Waals surface area contributed by atoms with Crippen LogP contribution >= 0.6 is 12.2 Å². The van der Waals surface area contributed by atoms with Crippen LogP contribution in [0.25, 0.3) is 0 Å². The molecular formula is C10H18N4OS. The van der Waals surface area contributed by atoms with Gasteiger partial charge in [0.1, 0.15) is 5.82 Å². The first-order valence-electron chi connectivity index (χ1n) is 5.48. The molecule has 2 N–H and O–H groups in total. The van der Waals surface area contributed by atoms with Crippen molar-refractivity contribution in [1.29, 1.82) is 0 Å². The maximum atomic E-state index is 11.3. The van der Waals surface area contributed by atoms with Gasteiger partial charge in [-0.3, -0.25) is 9.89 Å². The summed E-state index contributed by atoms with van der Waals surface area (Å²) in [4.78, 5) is 11.3. The van der Waals surface area contributed by atoms with Crippen LogP contribution in [0, 0.1) is 4.77 Å². The van der Waals surface area contributed by atoms with Crippen LogP contribution in [0.3, 0.4) is 0 Å². The van der Waals surface area contributed by atoms with Crippen molar-refractivity contribution in [1.82, 2.24) is 20.1 Å². The lowest BCUT2D eigenvalue weighted by molar-refractivity contribution is -0.121. The van der Waals surface area contributed by atoms with Gasteiger partial charge in [-0.15, -0.1) is 0 Å². The second kappa shape index (κ2) is 5.79. The molecule has 0 bridgehead atoms. The summed E-state index contributed by atoms with van der Waals surface area (Å²) in [7, 11) is 0. The Bertz CT molecular complexity index is 407. The van der Waals surface area contributed by atoms with Crippen LogP contribution in [0.4, 0.5) is 0 Å². The summed E-state index contributed by atoms with van der Waals surface area (Å²) in [5.41, 5.74) is 0. The normalized spacial score (nSPS) is 10.8. The molecule has 1 amide bonds. The van der Waals surface area contributed by atoms with E-state index in [1.54, 1.807) is 0 Å². The molecule has 0 saturated carbocycles. The molecule has 5 nitrogen and oxygen atoms in total. The molecule has 1 aromatic rings. The summed E-state index contributed by atoms with van der Waals surface area (Å²) in [5, 5.41) is 9.67. The van der Waals surface area contributed by atoms with Crippen LogP contribution in [-0.4, -0.2) is 27.2 Å². The third kappa shape index (κ3) is 3.16. The smallest absolute Gasteiger partial charge is 0.221 e. The fourth-order valence-corrected chi connectivity index (χ4v) is 1.72. The zero-order valence-electron chi connectivity index (χ0n) is 9.91. The number of aromatic nitrogens is 3. The highest BCUT2D eigenvalue weighted by molar-refractivity contribution is 7.71. The maximum absolute atomic E-state index is 11.3. The largest absolute Gasteiger partial charge is 0.356 e. The second-order valence-corrected chi connectivity index (χ2v) is 4.28. The van der Waals surface area contributed by atoms with Crippen LogP contribution in [0.5, 0.6) is 0 Å². The van der Waals surface area contributed by atoms with Crippen LogP contribution < -0.4 is 5.32 Å². The quantitative estimate of drug-likeness (QED) is 0.771. The second-order valence-electron chi connectivity index (χ2n) is 3.90. The molecule has 90 valence electrons. The van der Waals surface area contributed by atoms with E-state index in [4.69, 9.17) is 12.2 Å². The Balaban J connectivity index is 2.69. The van der Waals surface area contributed by atoms with Crippen LogP contribution in [-0.2, 0) is 11.3 Å². The number of hydrogen-bond acceptors (Lipinski definition) is 3. The zero-order chi connectivity index (χ0) is 12.1. The fraction of sp³-hybridized carbons (Fsp3) is 0.700. The molecule has 6 heteroatoms. The Morgan fingerprint density at radius 1 is 1.62 bits per heavy atom. The molecule has 0 radical (unpaired) electrons. The molecule has 16 heavy (non-hydrogen) atoms. The SMILES string of the molecule is CCNC(=O)CCn1c(C(C)C)n[nH]c1=S. The minimum Gasteiger partial charge on any atom is -0.356 e. The van der Waals surface area contributed by atoms with Crippen LogP contribution in [0.2, 0.25) is 0 Å². The summed E-state index contributed by atoms with van der Waals surface area (Å²) in [5.74, 6) is 1.23. The van der Waals surface area contributed by atoms with E-state index in [0.717, 1.165) is 5.82 Å². The molecule has 0 aliphatic carbocycles. The summed E-state index contributed by atoms with van der Waals surface area (Å²) in [6.45, 7) is 7.24. The van der Waals surface area contributed by atoms with Gasteiger partial charge in [-0.05, 0) is 19.1 Å². The zero-order valence-corrected chi connectivity index (χ0v) is 10.7. The van der Waals surface area contributed by atoms with Crippen molar-refractivity contribution in [2.45, 2.75) is 39.7 Å². The van der Waals surface area contributed by atoms with Gasteiger partial charge in [-0.1, -0.05) is 13.8 Å². The molecule has 0 spiro atoms. The first-order valence-corrected chi connectivity index (χ1v) is 5.88. The van der Waals surface area contributed by atoms with Gasteiger partial charge < -0.3 is 9.88 Å². The minimum absolute atomic E-state index is 0.0420. The summed E-state index contributed by atoms with van der Waals surface area (Å²) in [6, 6.07) is 0. The van der Waals surface area contributed by atoms with Gasteiger partial charge in [0.2, 0.25) is 5.91 Å². The maximum Gasteiger partial charge on any atom is 0.221 e. The van der Waals surface area contributed by atoms with E-state index in [-0.39, 0.29) is 5.91 Å². The standard InChI is InChI=1S/C10H18N4OS/c1-4-11-8(15)5-6-14-9(7(2)3)12-13-10(14)16/h7H,4-6H2,1-3H3,(H,11,15)(H,13,16). The number of amides is 1. The highest BCUT2D eigenvalue weighted by Gasteiger charge is 2.10. The Morgan fingerprint density at radius 3 is 2.88 bits per heavy atom. The highest BCUT2D eigenvalue weighted by atomic mass is 32.1. The Kier molecular flexibility index (Phi) is 4.67. The number of rotatable bonds is 5. The van der Waals surface area contributed by atoms with Gasteiger partial charge in [0.25, 0.3) is 0 Å². The van der Waals surface area contributed by atoms with Gasteiger partial charge in [0.05, 0.1) is 0 Å². The van der Waals surface area contributed by atoms with E-state index >= 15 is 0 Å². The summed E-state index contributed by atoms with van der Waals surface area (Å²) >= 11 is 5.12. The van der Waals surface area contributed by atoms with Gasteiger partial charge in [-0.2, -0.15) is 5.10 Å². The predicted molar refractivity (Wildman–Crippen MR) is 64.8 cm³/mol. The molecule has 0 aliphatic heterocycles. The van der Waals surface area contributed by atoms with Gasteiger partial charge in [0.15, 0.2) is 4.77 Å². The number of nitrogens with zero attached hydrogens (tertiary/aromatic N) is 2. The van der Waals surface area contributed by atoms with E-state index in [0.29, 0.717) is 30.2 Å². The van der Waals surface area contributed by atoms with Crippen molar-refractivity contribution in [3.63, 3.8) is 0 Å². The molecule has 0 saturated heterocycles. The molecule has 0 aliphatic rings. The number of nitrogens with one attached hydrogen (secondary N) is 2. The lowest BCUT2D eigenvalue weighted by Gasteiger charge is -2.08. The van der Waals surface area contributed by atoms with E-state index in [1.807, 2.05) is 25.3 Å². The monoisotopic (exact) mass is 242 g/mol. The van der Waals surface area contributed by atoms with E-state index in [9.17, 15) is 4.79 Å². The lowest BCUT2D eigenvalue weighted by Crippen LogP contribution is -2.24. The van der Waals surface area contributed by atoms with E-state index in [1.165, 1.54) is 0 Å². The van der Waals surface area contributed by atoms with Gasteiger partial charge in [0, 0.05) is 25.4 Å². The molecular weight excluding hydrogens is 224 g/mol. The van der Waals surface area contributed by atoms with Crippen molar-refractivity contribution in [2.75, 3.05) is 6.54 Å². The first kappa shape index (κ1) is 12.9. The average molecular weight is 242 g/mol. The lowest BCUT2D eigenvalue weighted by atomic mass is 10.2. The van der Waals surface area contributed by atoms with Crippen molar-refractivity contribution in [3.8, 4) is 0 Å². The van der Waals surface area contributed by atoms with Crippen LogP contribution in [0.1, 0.15) is 38.9 Å². The Hall–Kier alpha value is -1.17. The average Bonchev–Trinajstić information content (AvgIpc) is 2.57. The summed E-state index contributed by atoms with van der Waals surface area (Å²) in [6.07, 6.45) is 0.432. The Morgan fingerprint density at radius 2 is 2.31 bits per heavy atom. The van der Waals surface area contributed by atoms with Crippen molar-refractivity contribution < 1.29 is 4.79 Å². The molecule has 1 aromatic heterocycles. The third-order valence-electron chi connectivity index (χ3n) is 2.24. The number of carbonyl (C=O) groups excluding carboxylic acids is 1. The molecule has 0 aromatic carbocycles. The molecule has 1 rings (SSSR count). The third-order valence-corrected chi connectivity index (χ3v) is 2.55. The predicted octanol–water partition coefficient (Wildman–Crippen LogP) is 1.59. The van der Waals surface area contributed by atoms with Crippen LogP contribution in [0.15, 0.2) is 0 Å². The highest BCUT2D eigenvalue weighted by Crippen LogP contribution is 2.11. The first-order chi connectivity index (χ1) is 7.56. The number of H-pyrrole nitrogens is 1. The number of aromatic amines is 1. The summed E-state index contributed by atoms with van der Waals surface area (Å²) < 4.78 is 2.46. The molecule has 0 atom stereocenters. The van der Waals surface area contributed by atoms with Gasteiger partial charge in [-0.25, -0.2) is 0 Å². The molecule has 0 fully saturated rings. The number of carbonyl (C=O) groups is 1. The van der Waals surface area contributed by atoms with E-state index < -0.39 is 0 Å². The van der Waals surface area contributed by atoms with Crippen molar-refractivity contribution in [3.05, 3.63) is 10.6 Å². The minimum atomic E-state index is 0.0420. The van der Waals surface area contributed by atoms with Crippen molar-refractivity contribution >= 4 is 18.1 Å². The molecule has 0 unspecified atom stereocenters. The van der Waals surface area contributed by atoms with E-state index in [2.05, 4.69) is 15.5 Å². The Labute approximate surface area is 100 Å². The van der Waals surface area contributed by atoms with Crippen molar-refractivity contribution in [2.24, 2.45) is 0 Å².